The van der Waals surface area contributed by atoms with Gasteiger partial charge in [0.2, 0.25) is 0 Å². The van der Waals surface area contributed by atoms with Crippen molar-refractivity contribution in [3.05, 3.63) is 92.9 Å². The predicted octanol–water partition coefficient (Wildman–Crippen LogP) is 5.36. The maximum absolute atomic E-state index is 13.1. The number of halogens is 2. The van der Waals surface area contributed by atoms with Crippen molar-refractivity contribution in [1.82, 2.24) is 5.32 Å². The van der Waals surface area contributed by atoms with E-state index in [4.69, 9.17) is 21.1 Å². The van der Waals surface area contributed by atoms with Crippen LogP contribution in [0.1, 0.15) is 11.1 Å². The van der Waals surface area contributed by atoms with E-state index in [1.807, 2.05) is 30.3 Å². The summed E-state index contributed by atoms with van der Waals surface area (Å²) in [4.78, 5) is 38.8. The van der Waals surface area contributed by atoms with E-state index in [2.05, 4.69) is 21.2 Å². The number of hydrogen-bond donors (Lipinski definition) is 1. The molecule has 1 N–H and O–H groups in total. The Hall–Kier alpha value is -3.62. The highest BCUT2D eigenvalue weighted by Gasteiger charge is 2.36. The van der Waals surface area contributed by atoms with Crippen molar-refractivity contribution in [1.29, 1.82) is 0 Å². The maximum Gasteiger partial charge on any atom is 0.335 e. The summed E-state index contributed by atoms with van der Waals surface area (Å²) in [6.45, 7) is 0.329. The molecule has 0 saturated carbocycles. The summed E-state index contributed by atoms with van der Waals surface area (Å²) in [5.74, 6) is -0.660. The van der Waals surface area contributed by atoms with Gasteiger partial charge >= 0.3 is 6.03 Å². The minimum Gasteiger partial charge on any atom is -0.493 e. The summed E-state index contributed by atoms with van der Waals surface area (Å²) in [5.41, 5.74) is 1.56. The molecule has 1 aliphatic heterocycles. The van der Waals surface area contributed by atoms with E-state index in [1.54, 1.807) is 24.3 Å². The quantitative estimate of drug-likeness (QED) is 0.336. The van der Waals surface area contributed by atoms with Gasteiger partial charge < -0.3 is 9.47 Å². The molecule has 0 spiro atoms. The molecule has 0 aromatic heterocycles. The Balaban J connectivity index is 1.64. The Kier molecular flexibility index (Phi) is 7.00. The molecule has 0 bridgehead atoms. The SMILES string of the molecule is COc1cc(/C=C2\C(=O)NC(=O)N(c3ccc(Cl)cc3)C2=O)cc(Br)c1OCc1ccccc1. The van der Waals surface area contributed by atoms with Gasteiger partial charge in [-0.2, -0.15) is 0 Å². The molecular weight excluding hydrogens is 524 g/mol. The molecule has 1 heterocycles. The lowest BCUT2D eigenvalue weighted by atomic mass is 10.1. The van der Waals surface area contributed by atoms with Gasteiger partial charge in [-0.15, -0.1) is 0 Å². The molecule has 7 nitrogen and oxygen atoms in total. The van der Waals surface area contributed by atoms with Gasteiger partial charge in [-0.25, -0.2) is 9.69 Å². The fourth-order valence-electron chi connectivity index (χ4n) is 3.34. The fourth-order valence-corrected chi connectivity index (χ4v) is 4.04. The molecule has 3 aromatic rings. The zero-order valence-corrected chi connectivity index (χ0v) is 20.2. The number of benzene rings is 3. The molecule has 172 valence electrons. The maximum atomic E-state index is 13.1. The van der Waals surface area contributed by atoms with E-state index in [9.17, 15) is 14.4 Å². The molecule has 4 amide bonds. The van der Waals surface area contributed by atoms with E-state index in [0.717, 1.165) is 10.5 Å². The van der Waals surface area contributed by atoms with Crippen molar-refractivity contribution < 1.29 is 23.9 Å². The normalized spacial score (nSPS) is 14.9. The lowest BCUT2D eigenvalue weighted by Gasteiger charge is -2.26. The first-order chi connectivity index (χ1) is 16.4. The number of carbonyl (C=O) groups excluding carboxylic acids is 3. The van der Waals surface area contributed by atoms with Gasteiger partial charge in [-0.3, -0.25) is 14.9 Å². The van der Waals surface area contributed by atoms with Gasteiger partial charge in [0.05, 0.1) is 17.3 Å². The smallest absolute Gasteiger partial charge is 0.335 e. The molecule has 1 saturated heterocycles. The lowest BCUT2D eigenvalue weighted by Crippen LogP contribution is -2.54. The Bertz CT molecular complexity index is 1290. The number of ether oxygens (including phenoxy) is 2. The van der Waals surface area contributed by atoms with Crippen molar-refractivity contribution in [3.8, 4) is 11.5 Å². The molecule has 4 rings (SSSR count). The monoisotopic (exact) mass is 540 g/mol. The second-order valence-corrected chi connectivity index (χ2v) is 8.53. The van der Waals surface area contributed by atoms with Gasteiger partial charge in [0.1, 0.15) is 12.2 Å². The molecule has 1 fully saturated rings. The molecule has 0 atom stereocenters. The average molecular weight is 542 g/mol. The van der Waals surface area contributed by atoms with Gasteiger partial charge in [0, 0.05) is 5.02 Å². The van der Waals surface area contributed by atoms with Crippen LogP contribution in [0.15, 0.2) is 76.8 Å². The number of amides is 4. The molecule has 3 aromatic carbocycles. The van der Waals surface area contributed by atoms with Crippen LogP contribution in [0.25, 0.3) is 6.08 Å². The fraction of sp³-hybridized carbons (Fsp3) is 0.0800. The van der Waals surface area contributed by atoms with Crippen LogP contribution in [0, 0.1) is 0 Å². The van der Waals surface area contributed by atoms with Crippen molar-refractivity contribution in [2.45, 2.75) is 6.61 Å². The Morgan fingerprint density at radius 3 is 2.41 bits per heavy atom. The van der Waals surface area contributed by atoms with E-state index in [0.29, 0.717) is 33.2 Å². The lowest BCUT2D eigenvalue weighted by molar-refractivity contribution is -0.122. The van der Waals surface area contributed by atoms with Crippen molar-refractivity contribution >= 4 is 57.1 Å². The zero-order chi connectivity index (χ0) is 24.2. The summed E-state index contributed by atoms with van der Waals surface area (Å²) in [6.07, 6.45) is 1.39. The number of hydrogen-bond acceptors (Lipinski definition) is 5. The Morgan fingerprint density at radius 1 is 1.03 bits per heavy atom. The van der Waals surface area contributed by atoms with Crippen molar-refractivity contribution in [2.24, 2.45) is 0 Å². The molecule has 0 aliphatic carbocycles. The molecule has 9 heteroatoms. The first-order valence-electron chi connectivity index (χ1n) is 10.1. The predicted molar refractivity (Wildman–Crippen MR) is 132 cm³/mol. The number of nitrogens with one attached hydrogen (secondary N) is 1. The second kappa shape index (κ2) is 10.1. The molecule has 0 radical (unpaired) electrons. The van der Waals surface area contributed by atoms with Crippen LogP contribution in [0.2, 0.25) is 5.02 Å². The van der Waals surface area contributed by atoms with Crippen LogP contribution in [0.5, 0.6) is 11.5 Å². The minimum absolute atomic E-state index is 0.207. The van der Waals surface area contributed by atoms with Crippen LogP contribution in [-0.2, 0) is 16.2 Å². The zero-order valence-electron chi connectivity index (χ0n) is 17.9. The minimum atomic E-state index is -0.835. The average Bonchev–Trinajstić information content (AvgIpc) is 2.82. The van der Waals surface area contributed by atoms with Gasteiger partial charge in [0.15, 0.2) is 11.5 Å². The van der Waals surface area contributed by atoms with Crippen LogP contribution in [-0.4, -0.2) is 25.0 Å². The summed E-state index contributed by atoms with van der Waals surface area (Å²) < 4.78 is 12.0. The largest absolute Gasteiger partial charge is 0.493 e. The van der Waals surface area contributed by atoms with Crippen molar-refractivity contribution in [2.75, 3.05) is 12.0 Å². The molecule has 1 aliphatic rings. The van der Waals surface area contributed by atoms with Crippen LogP contribution >= 0.6 is 27.5 Å². The highest BCUT2D eigenvalue weighted by molar-refractivity contribution is 9.10. The number of imide groups is 2. The molecule has 34 heavy (non-hydrogen) atoms. The molecular formula is C25H18BrClN2O5. The summed E-state index contributed by atoms with van der Waals surface area (Å²) in [7, 11) is 1.49. The third kappa shape index (κ3) is 4.98. The highest BCUT2D eigenvalue weighted by Crippen LogP contribution is 2.38. The Labute approximate surface area is 209 Å². The van der Waals surface area contributed by atoms with Crippen LogP contribution in [0.4, 0.5) is 10.5 Å². The summed E-state index contributed by atoms with van der Waals surface area (Å²) in [5, 5.41) is 2.65. The third-order valence-electron chi connectivity index (χ3n) is 4.98. The topological polar surface area (TPSA) is 84.9 Å². The van der Waals surface area contributed by atoms with E-state index in [1.165, 1.54) is 25.3 Å². The number of carbonyl (C=O) groups is 3. The number of methoxy groups -OCH3 is 1. The number of anilines is 1. The number of rotatable bonds is 6. The second-order valence-electron chi connectivity index (χ2n) is 7.24. The number of nitrogens with zero attached hydrogens (tertiary/aromatic N) is 1. The summed E-state index contributed by atoms with van der Waals surface area (Å²) in [6, 6.07) is 18.3. The number of barbiturate groups is 1. The Morgan fingerprint density at radius 2 is 1.74 bits per heavy atom. The standard InChI is InChI=1S/C25H18BrClN2O5/c1-33-21-13-16(12-20(26)22(21)34-14-15-5-3-2-4-6-15)11-19-23(30)28-25(32)29(24(19)31)18-9-7-17(27)8-10-18/h2-13H,14H2,1H3,(H,28,30,32)/b19-11+. The summed E-state index contributed by atoms with van der Waals surface area (Å²) >= 11 is 9.38. The van der Waals surface area contributed by atoms with Crippen molar-refractivity contribution in [3.63, 3.8) is 0 Å². The third-order valence-corrected chi connectivity index (χ3v) is 5.82. The highest BCUT2D eigenvalue weighted by atomic mass is 79.9. The van der Waals surface area contributed by atoms with E-state index in [-0.39, 0.29) is 11.3 Å². The van der Waals surface area contributed by atoms with Gasteiger partial charge in [-0.1, -0.05) is 41.9 Å². The van der Waals surface area contributed by atoms with Crippen LogP contribution in [0.3, 0.4) is 0 Å². The number of urea groups is 1. The van der Waals surface area contributed by atoms with Gasteiger partial charge in [-0.05, 0) is 69.5 Å². The van der Waals surface area contributed by atoms with E-state index >= 15 is 0 Å². The molecule has 0 unspecified atom stereocenters. The van der Waals surface area contributed by atoms with Crippen LogP contribution < -0.4 is 19.7 Å². The van der Waals surface area contributed by atoms with Gasteiger partial charge in [0.25, 0.3) is 11.8 Å². The van der Waals surface area contributed by atoms with E-state index < -0.39 is 17.8 Å². The first kappa shape index (κ1) is 23.5. The first-order valence-corrected chi connectivity index (χ1v) is 11.3.